The Bertz CT molecular complexity index is 1250. The fraction of sp³-hybridized carbons (Fsp3) is 0.308. The van der Waals surface area contributed by atoms with Crippen LogP contribution in [0.1, 0.15) is 43.1 Å². The molecule has 174 valence electrons. The van der Waals surface area contributed by atoms with Crippen molar-refractivity contribution in [1.82, 2.24) is 19.8 Å². The summed E-state index contributed by atoms with van der Waals surface area (Å²) in [5, 5.41) is 3.32. The molecule has 3 aromatic rings. The molecule has 1 saturated heterocycles. The molecule has 0 atom stereocenters. The first-order valence-corrected chi connectivity index (χ1v) is 11.3. The molecule has 0 aliphatic carbocycles. The molecular formula is C26H27N5O3. The number of nitrogens with one attached hydrogen (secondary N) is 1. The van der Waals surface area contributed by atoms with Gasteiger partial charge in [-0.3, -0.25) is 9.69 Å². The molecule has 0 spiro atoms. The van der Waals surface area contributed by atoms with E-state index in [2.05, 4.69) is 47.2 Å². The lowest BCUT2D eigenvalue weighted by Gasteiger charge is -2.44. The largest absolute Gasteiger partial charge is 0.465 e. The average Bonchev–Trinajstić information content (AvgIpc) is 3.19. The molecule has 2 aliphatic rings. The molecule has 1 aromatic heterocycles. The van der Waals surface area contributed by atoms with Crippen LogP contribution in [0.3, 0.4) is 0 Å². The zero-order chi connectivity index (χ0) is 23.8. The van der Waals surface area contributed by atoms with Gasteiger partial charge in [0.05, 0.1) is 18.4 Å². The van der Waals surface area contributed by atoms with E-state index in [0.29, 0.717) is 30.2 Å². The Kier molecular flexibility index (Phi) is 5.75. The number of anilines is 2. The zero-order valence-corrected chi connectivity index (χ0v) is 19.5. The summed E-state index contributed by atoms with van der Waals surface area (Å²) < 4.78 is 4.75. The number of likely N-dealkylation sites (tertiary alicyclic amines) is 1. The molecule has 1 amide bonds. The number of ether oxygens (including phenoxy) is 1. The number of carbonyl (C=O) groups is 2. The maximum absolute atomic E-state index is 12.9. The lowest BCUT2D eigenvalue weighted by molar-refractivity contribution is 0.0249. The van der Waals surface area contributed by atoms with Crippen molar-refractivity contribution in [2.24, 2.45) is 0 Å². The van der Waals surface area contributed by atoms with Crippen molar-refractivity contribution in [3.63, 3.8) is 0 Å². The normalized spacial score (nSPS) is 15.6. The smallest absolute Gasteiger partial charge is 0.337 e. The topological polar surface area (TPSA) is 87.7 Å². The Labute approximate surface area is 198 Å². The van der Waals surface area contributed by atoms with Gasteiger partial charge in [0.1, 0.15) is 0 Å². The van der Waals surface area contributed by atoms with Gasteiger partial charge in [-0.15, -0.1) is 0 Å². The molecule has 34 heavy (non-hydrogen) atoms. The third-order valence-electron chi connectivity index (χ3n) is 6.35. The number of esters is 1. The van der Waals surface area contributed by atoms with E-state index in [1.807, 2.05) is 11.1 Å². The number of aromatic nitrogens is 2. The second kappa shape index (κ2) is 8.87. The Morgan fingerprint density at radius 2 is 1.76 bits per heavy atom. The van der Waals surface area contributed by atoms with Gasteiger partial charge in [0.15, 0.2) is 0 Å². The number of hydrogen-bond acceptors (Lipinski definition) is 7. The highest BCUT2D eigenvalue weighted by atomic mass is 16.5. The van der Waals surface area contributed by atoms with Gasteiger partial charge in [-0.2, -0.15) is 0 Å². The van der Waals surface area contributed by atoms with Gasteiger partial charge in [0.2, 0.25) is 5.95 Å². The van der Waals surface area contributed by atoms with Crippen molar-refractivity contribution < 1.29 is 14.3 Å². The summed E-state index contributed by atoms with van der Waals surface area (Å²) in [4.78, 5) is 38.0. The van der Waals surface area contributed by atoms with Crippen LogP contribution in [0.15, 0.2) is 48.7 Å². The first-order valence-electron chi connectivity index (χ1n) is 11.3. The Hall–Kier alpha value is -3.78. The summed E-state index contributed by atoms with van der Waals surface area (Å²) >= 11 is 0. The van der Waals surface area contributed by atoms with Crippen LogP contribution < -0.4 is 5.32 Å². The molecule has 1 fully saturated rings. The number of aryl methyl sites for hydroxylation is 2. The lowest BCUT2D eigenvalue weighted by atomic mass is 10.0. The third kappa shape index (κ3) is 4.36. The third-order valence-corrected chi connectivity index (χ3v) is 6.35. The molecule has 0 unspecified atom stereocenters. The van der Waals surface area contributed by atoms with Crippen LogP contribution in [0.5, 0.6) is 0 Å². The van der Waals surface area contributed by atoms with Crippen molar-refractivity contribution in [2.45, 2.75) is 33.0 Å². The maximum Gasteiger partial charge on any atom is 0.337 e. The minimum absolute atomic E-state index is 0.0709. The van der Waals surface area contributed by atoms with E-state index >= 15 is 0 Å². The quantitative estimate of drug-likeness (QED) is 0.587. The van der Waals surface area contributed by atoms with E-state index in [1.54, 1.807) is 24.3 Å². The van der Waals surface area contributed by atoms with Gasteiger partial charge in [-0.25, -0.2) is 14.8 Å². The molecule has 8 nitrogen and oxygen atoms in total. The van der Waals surface area contributed by atoms with Gasteiger partial charge in [-0.1, -0.05) is 12.1 Å². The fourth-order valence-corrected chi connectivity index (χ4v) is 4.60. The molecule has 0 radical (unpaired) electrons. The first-order chi connectivity index (χ1) is 16.4. The SMILES string of the molecule is COC(=O)c1cccc(C(=O)N2CC(N3Cc4cnc(Nc5cc(C)cc(C)c5)nc4C3)C2)c1. The summed E-state index contributed by atoms with van der Waals surface area (Å²) in [6.45, 7) is 6.96. The lowest BCUT2D eigenvalue weighted by Crippen LogP contribution is -2.59. The summed E-state index contributed by atoms with van der Waals surface area (Å²) in [5.41, 5.74) is 6.39. The molecule has 0 bridgehead atoms. The van der Waals surface area contributed by atoms with Crippen molar-refractivity contribution in [2.75, 3.05) is 25.5 Å². The Balaban J connectivity index is 1.20. The van der Waals surface area contributed by atoms with Crippen molar-refractivity contribution in [3.8, 4) is 0 Å². The van der Waals surface area contributed by atoms with E-state index < -0.39 is 5.97 Å². The van der Waals surface area contributed by atoms with E-state index in [0.717, 1.165) is 30.0 Å². The van der Waals surface area contributed by atoms with Crippen LogP contribution in [0.2, 0.25) is 0 Å². The molecule has 5 rings (SSSR count). The minimum Gasteiger partial charge on any atom is -0.465 e. The summed E-state index contributed by atoms with van der Waals surface area (Å²) in [6, 6.07) is 13.2. The van der Waals surface area contributed by atoms with E-state index in [9.17, 15) is 9.59 Å². The van der Waals surface area contributed by atoms with Gasteiger partial charge in [0, 0.05) is 55.2 Å². The number of rotatable bonds is 5. The molecular weight excluding hydrogens is 430 g/mol. The van der Waals surface area contributed by atoms with Crippen LogP contribution in [0, 0.1) is 13.8 Å². The van der Waals surface area contributed by atoms with Crippen LogP contribution in [-0.2, 0) is 17.8 Å². The van der Waals surface area contributed by atoms with Crippen LogP contribution in [-0.4, -0.2) is 57.9 Å². The van der Waals surface area contributed by atoms with Crippen LogP contribution in [0.4, 0.5) is 11.6 Å². The van der Waals surface area contributed by atoms with E-state index in [1.165, 1.54) is 18.2 Å². The number of nitrogens with zero attached hydrogens (tertiary/aromatic N) is 4. The number of fused-ring (bicyclic) bond motifs is 1. The second-order valence-electron chi connectivity index (χ2n) is 9.01. The maximum atomic E-state index is 12.9. The van der Waals surface area contributed by atoms with Gasteiger partial charge < -0.3 is 15.0 Å². The van der Waals surface area contributed by atoms with Crippen molar-refractivity contribution in [1.29, 1.82) is 0 Å². The number of amides is 1. The minimum atomic E-state index is -0.446. The van der Waals surface area contributed by atoms with Gasteiger partial charge >= 0.3 is 5.97 Å². The summed E-state index contributed by atoms with van der Waals surface area (Å²) in [7, 11) is 1.33. The Morgan fingerprint density at radius 3 is 2.50 bits per heavy atom. The number of carbonyl (C=O) groups excluding carboxylic acids is 2. The molecule has 2 aliphatic heterocycles. The van der Waals surface area contributed by atoms with E-state index in [4.69, 9.17) is 9.72 Å². The Morgan fingerprint density at radius 1 is 1.03 bits per heavy atom. The van der Waals surface area contributed by atoms with Crippen molar-refractivity contribution in [3.05, 3.63) is 82.2 Å². The zero-order valence-electron chi connectivity index (χ0n) is 19.5. The molecule has 0 saturated carbocycles. The van der Waals surface area contributed by atoms with E-state index in [-0.39, 0.29) is 11.9 Å². The highest BCUT2D eigenvalue weighted by molar-refractivity contribution is 5.98. The number of benzene rings is 2. The average molecular weight is 458 g/mol. The predicted molar refractivity (Wildman–Crippen MR) is 128 cm³/mol. The van der Waals surface area contributed by atoms with Gasteiger partial charge in [0.25, 0.3) is 5.91 Å². The highest BCUT2D eigenvalue weighted by Crippen LogP contribution is 2.28. The highest BCUT2D eigenvalue weighted by Gasteiger charge is 2.38. The first kappa shape index (κ1) is 22.0. The molecule has 8 heteroatoms. The number of hydrogen-bond donors (Lipinski definition) is 1. The molecule has 3 heterocycles. The fourth-order valence-electron chi connectivity index (χ4n) is 4.60. The second-order valence-corrected chi connectivity index (χ2v) is 9.01. The summed E-state index contributed by atoms with van der Waals surface area (Å²) in [6.07, 6.45) is 1.90. The molecule has 2 aromatic carbocycles. The van der Waals surface area contributed by atoms with Crippen LogP contribution in [0.25, 0.3) is 0 Å². The number of methoxy groups -OCH3 is 1. The monoisotopic (exact) mass is 457 g/mol. The predicted octanol–water partition coefficient (Wildman–Crippen LogP) is 3.46. The molecule has 1 N–H and O–H groups in total. The van der Waals surface area contributed by atoms with Crippen molar-refractivity contribution >= 4 is 23.5 Å². The summed E-state index contributed by atoms with van der Waals surface area (Å²) in [5.74, 6) is 0.0819. The van der Waals surface area contributed by atoms with Crippen LogP contribution >= 0.6 is 0 Å². The van der Waals surface area contributed by atoms with Gasteiger partial charge in [-0.05, 0) is 55.3 Å². The standard InChI is InChI=1S/C26H27N5O3/c1-16-7-17(2)9-21(8-16)28-26-27-11-20-12-30(15-23(20)29-26)22-13-31(14-22)24(32)18-5-4-6-19(10-18)25(33)34-3/h4-11,22H,12-15H2,1-3H3,(H,27,28,29).